The molecular formula is C17H19N3O5. The van der Waals surface area contributed by atoms with E-state index in [4.69, 9.17) is 9.47 Å². The number of rotatable bonds is 6. The Morgan fingerprint density at radius 2 is 1.92 bits per heavy atom. The topological polar surface area (TPSA) is 113 Å². The van der Waals surface area contributed by atoms with Gasteiger partial charge in [0.25, 0.3) is 5.91 Å². The molecule has 0 bridgehead atoms. The number of hydrogen-bond donors (Lipinski definition) is 3. The third-order valence-electron chi connectivity index (χ3n) is 3.50. The molecule has 1 heterocycles. The van der Waals surface area contributed by atoms with Gasteiger partial charge in [0.15, 0.2) is 0 Å². The number of aliphatic hydroxyl groups is 1. The summed E-state index contributed by atoms with van der Waals surface area (Å²) in [6.07, 6.45) is 2.69. The van der Waals surface area contributed by atoms with Gasteiger partial charge in [-0.05, 0) is 19.1 Å². The number of carbonyl (C=O) groups excluding carboxylic acids is 1. The summed E-state index contributed by atoms with van der Waals surface area (Å²) in [5, 5.41) is 23.2. The zero-order valence-electron chi connectivity index (χ0n) is 14.1. The zero-order valence-corrected chi connectivity index (χ0v) is 14.1. The molecule has 0 aliphatic carbocycles. The van der Waals surface area contributed by atoms with Gasteiger partial charge < -0.3 is 19.7 Å². The second-order valence-electron chi connectivity index (χ2n) is 5.09. The van der Waals surface area contributed by atoms with Crippen LogP contribution in [0.25, 0.3) is 0 Å². The van der Waals surface area contributed by atoms with Crippen molar-refractivity contribution in [2.45, 2.75) is 13.5 Å². The fourth-order valence-corrected chi connectivity index (χ4v) is 2.08. The third kappa shape index (κ3) is 4.24. The number of aromatic nitrogens is 1. The quantitative estimate of drug-likeness (QED) is 0.538. The summed E-state index contributed by atoms with van der Waals surface area (Å²) in [4.78, 5) is 16.2. The number of amides is 1. The summed E-state index contributed by atoms with van der Waals surface area (Å²) in [5.74, 6) is 0.355. The molecule has 0 spiro atoms. The molecule has 0 saturated heterocycles. The minimum absolute atomic E-state index is 0.104. The molecule has 25 heavy (non-hydrogen) atoms. The van der Waals surface area contributed by atoms with E-state index in [0.717, 1.165) is 0 Å². The van der Waals surface area contributed by atoms with Crippen LogP contribution in [-0.4, -0.2) is 41.5 Å². The fourth-order valence-electron chi connectivity index (χ4n) is 2.08. The Morgan fingerprint density at radius 1 is 1.28 bits per heavy atom. The molecule has 1 aromatic heterocycles. The van der Waals surface area contributed by atoms with Crippen LogP contribution in [0, 0.1) is 6.92 Å². The number of aliphatic hydroxyl groups excluding tert-OH is 1. The average molecular weight is 345 g/mol. The first kappa shape index (κ1) is 18.2. The van der Waals surface area contributed by atoms with Crippen LogP contribution in [0.3, 0.4) is 0 Å². The molecule has 0 unspecified atom stereocenters. The summed E-state index contributed by atoms with van der Waals surface area (Å²) in [6, 6.07) is 4.73. The molecule has 2 aromatic rings. The summed E-state index contributed by atoms with van der Waals surface area (Å²) in [5.41, 5.74) is 3.73. The van der Waals surface area contributed by atoms with Crippen molar-refractivity contribution in [1.29, 1.82) is 0 Å². The normalized spacial score (nSPS) is 10.7. The number of aromatic hydroxyl groups is 1. The molecule has 8 heteroatoms. The van der Waals surface area contributed by atoms with Gasteiger partial charge in [-0.2, -0.15) is 5.10 Å². The van der Waals surface area contributed by atoms with Gasteiger partial charge in [-0.1, -0.05) is 0 Å². The molecule has 132 valence electrons. The van der Waals surface area contributed by atoms with E-state index in [0.29, 0.717) is 33.9 Å². The van der Waals surface area contributed by atoms with Crippen molar-refractivity contribution in [1.82, 2.24) is 10.4 Å². The van der Waals surface area contributed by atoms with Gasteiger partial charge in [-0.3, -0.25) is 9.78 Å². The van der Waals surface area contributed by atoms with Crippen molar-refractivity contribution in [3.8, 4) is 17.2 Å². The monoisotopic (exact) mass is 345 g/mol. The Labute approximate surface area is 144 Å². The number of benzene rings is 1. The van der Waals surface area contributed by atoms with Crippen LogP contribution in [-0.2, 0) is 6.61 Å². The number of aryl methyl sites for hydroxylation is 1. The van der Waals surface area contributed by atoms with E-state index in [-0.39, 0.29) is 12.4 Å². The van der Waals surface area contributed by atoms with Gasteiger partial charge in [0.2, 0.25) is 0 Å². The summed E-state index contributed by atoms with van der Waals surface area (Å²) in [6.45, 7) is 1.30. The van der Waals surface area contributed by atoms with Crippen LogP contribution in [0.1, 0.15) is 27.2 Å². The van der Waals surface area contributed by atoms with E-state index in [1.807, 2.05) is 0 Å². The highest BCUT2D eigenvalue weighted by Gasteiger charge is 2.11. The summed E-state index contributed by atoms with van der Waals surface area (Å²) >= 11 is 0. The Bertz CT molecular complexity index is 783. The average Bonchev–Trinajstić information content (AvgIpc) is 2.64. The van der Waals surface area contributed by atoms with Gasteiger partial charge in [0.05, 0.1) is 32.7 Å². The first-order valence-electron chi connectivity index (χ1n) is 7.35. The maximum atomic E-state index is 12.2. The molecule has 0 radical (unpaired) electrons. The highest BCUT2D eigenvalue weighted by atomic mass is 16.5. The lowest BCUT2D eigenvalue weighted by Crippen LogP contribution is -2.18. The lowest BCUT2D eigenvalue weighted by Gasteiger charge is -2.08. The summed E-state index contributed by atoms with van der Waals surface area (Å²) in [7, 11) is 2.97. The number of pyridine rings is 1. The minimum atomic E-state index is -0.482. The Morgan fingerprint density at radius 3 is 2.48 bits per heavy atom. The van der Waals surface area contributed by atoms with E-state index in [2.05, 4.69) is 15.5 Å². The van der Waals surface area contributed by atoms with Gasteiger partial charge in [-0.25, -0.2) is 5.43 Å². The zero-order chi connectivity index (χ0) is 18.4. The van der Waals surface area contributed by atoms with Gasteiger partial charge >= 0.3 is 0 Å². The molecule has 0 fully saturated rings. The highest BCUT2D eigenvalue weighted by Crippen LogP contribution is 2.23. The lowest BCUT2D eigenvalue weighted by atomic mass is 10.1. The second-order valence-corrected chi connectivity index (χ2v) is 5.09. The number of carbonyl (C=O) groups is 1. The van der Waals surface area contributed by atoms with Crippen LogP contribution >= 0.6 is 0 Å². The molecule has 1 aromatic carbocycles. The molecule has 0 aliphatic heterocycles. The molecule has 0 aliphatic rings. The van der Waals surface area contributed by atoms with Crippen molar-refractivity contribution >= 4 is 12.1 Å². The molecular weight excluding hydrogens is 326 g/mol. The number of ether oxygens (including phenoxy) is 2. The Balaban J connectivity index is 2.20. The smallest absolute Gasteiger partial charge is 0.271 e. The van der Waals surface area contributed by atoms with E-state index in [1.54, 1.807) is 25.1 Å². The first-order chi connectivity index (χ1) is 12.0. The van der Waals surface area contributed by atoms with E-state index in [9.17, 15) is 15.0 Å². The Hall–Kier alpha value is -3.13. The van der Waals surface area contributed by atoms with Gasteiger partial charge in [-0.15, -0.1) is 0 Å². The van der Waals surface area contributed by atoms with E-state index < -0.39 is 5.91 Å². The summed E-state index contributed by atoms with van der Waals surface area (Å²) < 4.78 is 10.2. The maximum absolute atomic E-state index is 12.2. The van der Waals surface area contributed by atoms with Crippen LogP contribution in [0.15, 0.2) is 29.5 Å². The molecule has 0 saturated carbocycles. The largest absolute Gasteiger partial charge is 0.505 e. The van der Waals surface area contributed by atoms with Crippen LogP contribution in [0.4, 0.5) is 0 Å². The van der Waals surface area contributed by atoms with Gasteiger partial charge in [0, 0.05) is 29.0 Å². The third-order valence-corrected chi connectivity index (χ3v) is 3.50. The molecule has 3 N–H and O–H groups in total. The highest BCUT2D eigenvalue weighted by molar-refractivity contribution is 5.96. The SMILES string of the molecule is COc1cc(OC)cc(C(=O)N/N=C/c2c(CO)cnc(C)c2O)c1. The minimum Gasteiger partial charge on any atom is -0.505 e. The number of hydrogen-bond acceptors (Lipinski definition) is 7. The van der Waals surface area contributed by atoms with E-state index in [1.165, 1.54) is 26.6 Å². The maximum Gasteiger partial charge on any atom is 0.271 e. The van der Waals surface area contributed by atoms with Crippen molar-refractivity contribution in [3.05, 3.63) is 46.8 Å². The number of hydrazone groups is 1. The lowest BCUT2D eigenvalue weighted by molar-refractivity contribution is 0.0954. The first-order valence-corrected chi connectivity index (χ1v) is 7.35. The van der Waals surface area contributed by atoms with Crippen LogP contribution in [0.2, 0.25) is 0 Å². The van der Waals surface area contributed by atoms with Crippen molar-refractivity contribution < 1.29 is 24.5 Å². The van der Waals surface area contributed by atoms with Crippen LogP contribution in [0.5, 0.6) is 17.2 Å². The number of nitrogens with zero attached hydrogens (tertiary/aromatic N) is 2. The fraction of sp³-hybridized carbons (Fsp3) is 0.235. The number of methoxy groups -OCH3 is 2. The number of nitrogens with one attached hydrogen (secondary N) is 1. The molecule has 1 amide bonds. The van der Waals surface area contributed by atoms with Crippen molar-refractivity contribution in [3.63, 3.8) is 0 Å². The standard InChI is InChI=1S/C17H19N3O5/c1-10-16(22)15(12(9-21)7-18-10)8-19-20-17(23)11-4-13(24-2)6-14(5-11)25-3/h4-8,21-22H,9H2,1-3H3,(H,20,23)/b19-8+. The van der Waals surface area contributed by atoms with E-state index >= 15 is 0 Å². The molecule has 8 nitrogen and oxygen atoms in total. The van der Waals surface area contributed by atoms with Crippen molar-refractivity contribution in [2.24, 2.45) is 5.10 Å². The van der Waals surface area contributed by atoms with Crippen LogP contribution < -0.4 is 14.9 Å². The van der Waals surface area contributed by atoms with Gasteiger partial charge in [0.1, 0.15) is 17.2 Å². The predicted octanol–water partition coefficient (Wildman–Crippen LogP) is 1.37. The molecule has 0 atom stereocenters. The molecule has 2 rings (SSSR count). The predicted molar refractivity (Wildman–Crippen MR) is 91.2 cm³/mol. The van der Waals surface area contributed by atoms with Crippen molar-refractivity contribution in [2.75, 3.05) is 14.2 Å². The second kappa shape index (κ2) is 8.11. The Kier molecular flexibility index (Phi) is 5.91.